The number of aryl methyl sites for hydroxylation is 1. The monoisotopic (exact) mass is 458 g/mol. The van der Waals surface area contributed by atoms with Crippen molar-refractivity contribution in [2.45, 2.75) is 6.92 Å². The second-order valence-corrected chi connectivity index (χ2v) is 7.85. The molecule has 0 saturated carbocycles. The van der Waals surface area contributed by atoms with Crippen molar-refractivity contribution in [2.75, 3.05) is 44.7 Å². The summed E-state index contributed by atoms with van der Waals surface area (Å²) < 4.78 is 7.91. The van der Waals surface area contributed by atoms with Gasteiger partial charge in [0.15, 0.2) is 5.65 Å². The molecule has 8 nitrogen and oxygen atoms in total. The molecular weight excluding hydrogens is 436 g/mol. The van der Waals surface area contributed by atoms with Gasteiger partial charge in [0.05, 0.1) is 30.8 Å². The number of nitrogens with one attached hydrogen (secondary N) is 1. The molecule has 1 aliphatic heterocycles. The molecule has 9 heteroatoms. The normalized spacial score (nSPS) is 15.0. The van der Waals surface area contributed by atoms with Crippen LogP contribution in [-0.4, -0.2) is 64.8 Å². The second kappa shape index (κ2) is 8.48. The molecule has 0 unspecified atom stereocenters. The van der Waals surface area contributed by atoms with Gasteiger partial charge in [0.25, 0.3) is 0 Å². The zero-order chi connectivity index (χ0) is 20.4. The largest absolute Gasteiger partial charge is 0.381 e. The summed E-state index contributed by atoms with van der Waals surface area (Å²) in [5.74, 6) is -0.431. The number of halogens is 1. The van der Waals surface area contributed by atoms with Gasteiger partial charge in [-0.1, -0.05) is 6.07 Å². The average molecular weight is 459 g/mol. The molecule has 0 aliphatic carbocycles. The number of aromatic nitrogens is 3. The van der Waals surface area contributed by atoms with E-state index in [1.165, 1.54) is 0 Å². The molecule has 2 aromatic heterocycles. The van der Waals surface area contributed by atoms with Crippen LogP contribution in [0.15, 0.2) is 35.1 Å². The van der Waals surface area contributed by atoms with E-state index in [2.05, 4.69) is 36.2 Å². The summed E-state index contributed by atoms with van der Waals surface area (Å²) in [4.78, 5) is 18.5. The van der Waals surface area contributed by atoms with Crippen molar-refractivity contribution in [2.24, 2.45) is 5.73 Å². The lowest BCUT2D eigenvalue weighted by atomic mass is 10.0. The van der Waals surface area contributed by atoms with Crippen molar-refractivity contribution in [3.63, 3.8) is 0 Å². The molecule has 0 spiro atoms. The third-order valence-corrected chi connectivity index (χ3v) is 5.46. The van der Waals surface area contributed by atoms with Crippen LogP contribution in [0.4, 0.5) is 5.69 Å². The fourth-order valence-corrected chi connectivity index (χ4v) is 3.93. The van der Waals surface area contributed by atoms with Crippen LogP contribution >= 0.6 is 15.9 Å². The van der Waals surface area contributed by atoms with Crippen molar-refractivity contribution in [1.29, 1.82) is 0 Å². The van der Waals surface area contributed by atoms with Crippen LogP contribution in [-0.2, 0) is 4.74 Å². The van der Waals surface area contributed by atoms with Crippen molar-refractivity contribution in [1.82, 2.24) is 19.5 Å². The highest BCUT2D eigenvalue weighted by Gasteiger charge is 2.15. The maximum atomic E-state index is 11.5. The van der Waals surface area contributed by atoms with Crippen LogP contribution in [0.25, 0.3) is 16.9 Å². The zero-order valence-corrected chi connectivity index (χ0v) is 17.8. The molecular formula is C20H23BrN6O2. The predicted molar refractivity (Wildman–Crippen MR) is 115 cm³/mol. The van der Waals surface area contributed by atoms with Crippen LogP contribution in [0.1, 0.15) is 15.9 Å². The minimum atomic E-state index is -0.431. The first kappa shape index (κ1) is 19.8. The Morgan fingerprint density at radius 1 is 1.31 bits per heavy atom. The maximum absolute atomic E-state index is 11.5. The molecule has 1 amide bonds. The molecule has 3 heterocycles. The number of carbonyl (C=O) groups excluding carboxylic acids is 1. The Hall–Kier alpha value is -2.49. The molecule has 0 atom stereocenters. The number of amides is 1. The number of ether oxygens (including phenoxy) is 1. The zero-order valence-electron chi connectivity index (χ0n) is 16.2. The fourth-order valence-electron chi connectivity index (χ4n) is 3.54. The van der Waals surface area contributed by atoms with Gasteiger partial charge in [-0.3, -0.25) is 9.69 Å². The number of fused-ring (bicyclic) bond motifs is 1. The van der Waals surface area contributed by atoms with Gasteiger partial charge in [-0.15, -0.1) is 0 Å². The van der Waals surface area contributed by atoms with Crippen molar-refractivity contribution in [3.8, 4) is 11.3 Å². The van der Waals surface area contributed by atoms with Gasteiger partial charge >= 0.3 is 0 Å². The summed E-state index contributed by atoms with van der Waals surface area (Å²) >= 11 is 3.50. The molecule has 1 aromatic carbocycles. The number of anilines is 1. The number of morpholine rings is 1. The summed E-state index contributed by atoms with van der Waals surface area (Å²) in [6, 6.07) is 7.47. The molecule has 1 saturated heterocycles. The van der Waals surface area contributed by atoms with Crippen LogP contribution in [0.5, 0.6) is 0 Å². The van der Waals surface area contributed by atoms with Gasteiger partial charge in [-0.05, 0) is 46.6 Å². The minimum absolute atomic E-state index is 0.431. The summed E-state index contributed by atoms with van der Waals surface area (Å²) in [6.07, 6.45) is 1.79. The van der Waals surface area contributed by atoms with Gasteiger partial charge in [0.2, 0.25) is 5.91 Å². The first-order chi connectivity index (χ1) is 14.0. The lowest BCUT2D eigenvalue weighted by molar-refractivity contribution is 0.0398. The Kier molecular flexibility index (Phi) is 5.79. The highest BCUT2D eigenvalue weighted by molar-refractivity contribution is 9.10. The lowest BCUT2D eigenvalue weighted by Gasteiger charge is -2.26. The molecule has 3 aromatic rings. The van der Waals surface area contributed by atoms with Crippen molar-refractivity contribution >= 4 is 33.2 Å². The number of benzene rings is 1. The standard InChI is InChI=1S/C20H23BrN6O2/c1-13-10-14(2-3-15(13)19(22)28)17-12-24-20-16(11-18(21)25-27(17)20)23-4-5-26-6-8-29-9-7-26/h2-3,10-12,23H,4-9H2,1H3,(H2,22,28). The topological polar surface area (TPSA) is 97.8 Å². The third kappa shape index (κ3) is 4.26. The number of hydrogen-bond acceptors (Lipinski definition) is 6. The van der Waals surface area contributed by atoms with E-state index < -0.39 is 5.91 Å². The number of primary amides is 1. The average Bonchev–Trinajstić information content (AvgIpc) is 3.12. The Morgan fingerprint density at radius 2 is 2.10 bits per heavy atom. The van der Waals surface area contributed by atoms with Gasteiger partial charge in [-0.25, -0.2) is 9.50 Å². The summed E-state index contributed by atoms with van der Waals surface area (Å²) in [7, 11) is 0. The van der Waals surface area contributed by atoms with Gasteiger partial charge in [-0.2, -0.15) is 5.10 Å². The molecule has 152 valence electrons. The third-order valence-electron chi connectivity index (χ3n) is 5.07. The van der Waals surface area contributed by atoms with Crippen LogP contribution in [0.2, 0.25) is 0 Å². The smallest absolute Gasteiger partial charge is 0.248 e. The van der Waals surface area contributed by atoms with Crippen LogP contribution < -0.4 is 11.1 Å². The molecule has 4 rings (SSSR count). The fraction of sp³-hybridized carbons (Fsp3) is 0.350. The summed E-state index contributed by atoms with van der Waals surface area (Å²) in [5.41, 5.74) is 10.2. The molecule has 29 heavy (non-hydrogen) atoms. The highest BCUT2D eigenvalue weighted by Crippen LogP contribution is 2.27. The van der Waals surface area contributed by atoms with Gasteiger partial charge in [0, 0.05) is 37.3 Å². The molecule has 0 bridgehead atoms. The maximum Gasteiger partial charge on any atom is 0.248 e. The molecule has 0 radical (unpaired) electrons. The lowest BCUT2D eigenvalue weighted by Crippen LogP contribution is -2.39. The van der Waals surface area contributed by atoms with Gasteiger partial charge < -0.3 is 15.8 Å². The molecule has 1 aliphatic rings. The van der Waals surface area contributed by atoms with E-state index in [0.717, 1.165) is 67.5 Å². The number of nitrogens with zero attached hydrogens (tertiary/aromatic N) is 4. The molecule has 3 N–H and O–H groups in total. The van der Waals surface area contributed by atoms with E-state index in [1.807, 2.05) is 25.1 Å². The van der Waals surface area contributed by atoms with E-state index in [9.17, 15) is 4.79 Å². The Morgan fingerprint density at radius 3 is 2.83 bits per heavy atom. The number of rotatable bonds is 6. The summed E-state index contributed by atoms with van der Waals surface area (Å²) in [6.45, 7) is 7.13. The predicted octanol–water partition coefficient (Wildman–Crippen LogP) is 2.31. The second-order valence-electron chi connectivity index (χ2n) is 7.03. The Balaban J connectivity index is 1.59. The van der Waals surface area contributed by atoms with E-state index in [1.54, 1.807) is 16.8 Å². The Labute approximate surface area is 177 Å². The van der Waals surface area contributed by atoms with E-state index >= 15 is 0 Å². The van der Waals surface area contributed by atoms with Crippen molar-refractivity contribution < 1.29 is 9.53 Å². The van der Waals surface area contributed by atoms with Gasteiger partial charge in [0.1, 0.15) is 4.60 Å². The van der Waals surface area contributed by atoms with Crippen molar-refractivity contribution in [3.05, 3.63) is 46.2 Å². The van der Waals surface area contributed by atoms with E-state index in [0.29, 0.717) is 10.2 Å². The first-order valence-corrected chi connectivity index (χ1v) is 10.3. The first-order valence-electron chi connectivity index (χ1n) is 9.52. The quantitative estimate of drug-likeness (QED) is 0.587. The number of hydrogen-bond donors (Lipinski definition) is 2. The summed E-state index contributed by atoms with van der Waals surface area (Å²) in [5, 5.41) is 8.05. The SMILES string of the molecule is Cc1cc(-c2cnc3c(NCCN4CCOCC4)cc(Br)nn23)ccc1C(N)=O. The number of carbonyl (C=O) groups is 1. The number of imidazole rings is 1. The van der Waals surface area contributed by atoms with E-state index in [-0.39, 0.29) is 0 Å². The van der Waals surface area contributed by atoms with Crippen LogP contribution in [0.3, 0.4) is 0 Å². The Bertz CT molecular complexity index is 1040. The minimum Gasteiger partial charge on any atom is -0.381 e. The van der Waals surface area contributed by atoms with E-state index in [4.69, 9.17) is 10.5 Å². The van der Waals surface area contributed by atoms with Crippen LogP contribution in [0, 0.1) is 6.92 Å². The molecule has 1 fully saturated rings. The number of nitrogens with two attached hydrogens (primary N) is 1. The highest BCUT2D eigenvalue weighted by atomic mass is 79.9.